The number of aliphatic carboxylic acids is 1. The first kappa shape index (κ1) is 23.4. The number of allylic oxidation sites excluding steroid dienone is 4. The molecular weight excluding hydrogens is 439 g/mol. The first-order valence-corrected chi connectivity index (χ1v) is 11.6. The van der Waals surface area contributed by atoms with Crippen molar-refractivity contribution < 1.29 is 33.7 Å². The Kier molecular flexibility index (Phi) is 5.41. The van der Waals surface area contributed by atoms with Crippen LogP contribution in [0.5, 0.6) is 0 Å². The standard InChI is InChI=1S/C24H30ClFO6/c1-5-17(29)32-24(21(30)31)11(2)8-13-12-9-14(26)19-20(25)15(27)6-7-22(19,3)18(12)16(28)10-23(13,24)4/h6-7,11-14,16,18,28H,5,8-10H2,1-4H3,(H,30,31)/t11-,12-,13-,14-,16-,18+,22+,23-,24-/m0/s1. The second-order valence-corrected chi connectivity index (χ2v) is 10.8. The van der Waals surface area contributed by atoms with E-state index in [1.807, 2.05) is 0 Å². The third-order valence-corrected chi connectivity index (χ3v) is 9.36. The molecule has 3 saturated carbocycles. The van der Waals surface area contributed by atoms with Crippen molar-refractivity contribution in [2.24, 2.45) is 34.5 Å². The molecule has 0 unspecified atom stereocenters. The number of ketones is 1. The number of ether oxygens (including phenoxy) is 1. The van der Waals surface area contributed by atoms with Crippen LogP contribution in [0.1, 0.15) is 53.4 Å². The Morgan fingerprint density at radius 1 is 1.31 bits per heavy atom. The molecule has 0 radical (unpaired) electrons. The molecule has 4 aliphatic carbocycles. The normalized spacial score (nSPS) is 47.5. The maximum Gasteiger partial charge on any atom is 0.349 e. The average Bonchev–Trinajstić information content (AvgIpc) is 2.92. The summed E-state index contributed by atoms with van der Waals surface area (Å²) in [4.78, 5) is 37.1. The van der Waals surface area contributed by atoms with Crippen molar-refractivity contribution in [1.29, 1.82) is 0 Å². The summed E-state index contributed by atoms with van der Waals surface area (Å²) in [6.07, 6.45) is 1.11. The minimum atomic E-state index is -1.80. The van der Waals surface area contributed by atoms with E-state index in [0.717, 1.165) is 0 Å². The third-order valence-electron chi connectivity index (χ3n) is 8.97. The highest BCUT2D eigenvalue weighted by atomic mass is 35.5. The first-order chi connectivity index (χ1) is 14.8. The van der Waals surface area contributed by atoms with Crippen molar-refractivity contribution in [1.82, 2.24) is 0 Å². The van der Waals surface area contributed by atoms with Crippen LogP contribution >= 0.6 is 11.6 Å². The molecule has 4 rings (SSSR count). The lowest BCUT2D eigenvalue weighted by atomic mass is 9.46. The summed E-state index contributed by atoms with van der Waals surface area (Å²) in [5, 5.41) is 21.6. The van der Waals surface area contributed by atoms with Gasteiger partial charge in [-0.05, 0) is 42.7 Å². The fourth-order valence-electron chi connectivity index (χ4n) is 7.72. The van der Waals surface area contributed by atoms with Crippen LogP contribution < -0.4 is 0 Å². The Labute approximate surface area is 191 Å². The number of hydrogen-bond donors (Lipinski definition) is 2. The molecule has 0 saturated heterocycles. The SMILES string of the molecule is CCC(=O)O[C@]1(C(=O)O)[C@@H](C)C[C@H]2[C@@H]3C[C@H](F)C4=C(Cl)C(=O)C=C[C@]4(C)[C@H]3[C@@H](O)C[C@@]21C. The second-order valence-electron chi connectivity index (χ2n) is 10.4. The second kappa shape index (κ2) is 7.39. The van der Waals surface area contributed by atoms with Crippen molar-refractivity contribution in [3.05, 3.63) is 22.8 Å². The van der Waals surface area contributed by atoms with Gasteiger partial charge in [-0.25, -0.2) is 9.18 Å². The van der Waals surface area contributed by atoms with E-state index in [4.69, 9.17) is 16.3 Å². The van der Waals surface area contributed by atoms with Crippen LogP contribution in [-0.4, -0.2) is 45.8 Å². The van der Waals surface area contributed by atoms with Crippen LogP contribution in [0.25, 0.3) is 0 Å². The highest BCUT2D eigenvalue weighted by molar-refractivity contribution is 6.45. The fourth-order valence-corrected chi connectivity index (χ4v) is 8.10. The van der Waals surface area contributed by atoms with Gasteiger partial charge in [-0.2, -0.15) is 0 Å². The predicted octanol–water partition coefficient (Wildman–Crippen LogP) is 3.80. The van der Waals surface area contributed by atoms with Crippen molar-refractivity contribution in [2.75, 3.05) is 0 Å². The largest absolute Gasteiger partial charge is 0.478 e. The molecule has 6 nitrogen and oxygen atoms in total. The molecule has 0 heterocycles. The van der Waals surface area contributed by atoms with Gasteiger partial charge in [0.1, 0.15) is 6.17 Å². The Morgan fingerprint density at radius 2 is 1.97 bits per heavy atom. The molecule has 176 valence electrons. The van der Waals surface area contributed by atoms with E-state index < -0.39 is 58.3 Å². The molecule has 9 atom stereocenters. The molecular formula is C24H30ClFO6. The summed E-state index contributed by atoms with van der Waals surface area (Å²) in [6.45, 7) is 6.91. The minimum Gasteiger partial charge on any atom is -0.478 e. The van der Waals surface area contributed by atoms with Gasteiger partial charge in [0.05, 0.1) is 11.1 Å². The lowest BCUT2D eigenvalue weighted by Crippen LogP contribution is -2.64. The molecule has 0 spiro atoms. The van der Waals surface area contributed by atoms with Crippen LogP contribution in [0.2, 0.25) is 0 Å². The van der Waals surface area contributed by atoms with E-state index in [1.54, 1.807) is 33.8 Å². The lowest BCUT2D eigenvalue weighted by molar-refractivity contribution is -0.215. The Bertz CT molecular complexity index is 945. The Morgan fingerprint density at radius 3 is 2.56 bits per heavy atom. The molecule has 0 amide bonds. The Balaban J connectivity index is 1.84. The van der Waals surface area contributed by atoms with Gasteiger partial charge in [0.15, 0.2) is 5.78 Å². The highest BCUT2D eigenvalue weighted by Crippen LogP contribution is 2.69. The van der Waals surface area contributed by atoms with E-state index >= 15 is 4.39 Å². The number of alkyl halides is 1. The fraction of sp³-hybridized carbons (Fsp3) is 0.708. The average molecular weight is 469 g/mol. The zero-order valence-corrected chi connectivity index (χ0v) is 19.5. The van der Waals surface area contributed by atoms with Crippen LogP contribution in [0.3, 0.4) is 0 Å². The number of carboxylic acid groups (broad SMARTS) is 1. The molecule has 0 aliphatic heterocycles. The van der Waals surface area contributed by atoms with Gasteiger partial charge in [0.25, 0.3) is 0 Å². The molecule has 0 aromatic rings. The maximum absolute atomic E-state index is 15.6. The van der Waals surface area contributed by atoms with Crippen LogP contribution in [0.15, 0.2) is 22.8 Å². The molecule has 2 N–H and O–H groups in total. The molecule has 0 bridgehead atoms. The van der Waals surface area contributed by atoms with Gasteiger partial charge < -0.3 is 14.9 Å². The van der Waals surface area contributed by atoms with E-state index in [0.29, 0.717) is 6.42 Å². The predicted molar refractivity (Wildman–Crippen MR) is 114 cm³/mol. The zero-order valence-electron chi connectivity index (χ0n) is 18.7. The van der Waals surface area contributed by atoms with Crippen LogP contribution in [0, 0.1) is 34.5 Å². The van der Waals surface area contributed by atoms with E-state index in [-0.39, 0.29) is 41.7 Å². The van der Waals surface area contributed by atoms with Gasteiger partial charge in [-0.1, -0.05) is 45.4 Å². The summed E-state index contributed by atoms with van der Waals surface area (Å²) < 4.78 is 21.2. The Hall–Kier alpha value is -1.73. The molecule has 4 aliphatic rings. The highest BCUT2D eigenvalue weighted by Gasteiger charge is 2.74. The number of aliphatic hydroxyl groups is 1. The monoisotopic (exact) mass is 468 g/mol. The minimum absolute atomic E-state index is 0.0349. The van der Waals surface area contributed by atoms with Crippen molar-refractivity contribution in [2.45, 2.75) is 71.3 Å². The topological polar surface area (TPSA) is 101 Å². The van der Waals surface area contributed by atoms with Gasteiger partial charge in [0, 0.05) is 29.1 Å². The summed E-state index contributed by atoms with van der Waals surface area (Å²) in [7, 11) is 0. The third kappa shape index (κ3) is 2.76. The van der Waals surface area contributed by atoms with Gasteiger partial charge >= 0.3 is 11.9 Å². The number of aliphatic hydroxyl groups excluding tert-OH is 1. The zero-order chi connectivity index (χ0) is 23.8. The van der Waals surface area contributed by atoms with Gasteiger partial charge in [-0.3, -0.25) is 9.59 Å². The number of halogens is 2. The number of rotatable bonds is 3. The van der Waals surface area contributed by atoms with E-state index in [9.17, 15) is 24.6 Å². The van der Waals surface area contributed by atoms with Crippen LogP contribution in [0.4, 0.5) is 4.39 Å². The molecule has 8 heteroatoms. The molecule has 32 heavy (non-hydrogen) atoms. The quantitative estimate of drug-likeness (QED) is 0.611. The van der Waals surface area contributed by atoms with Crippen molar-refractivity contribution in [3.8, 4) is 0 Å². The maximum atomic E-state index is 15.6. The lowest BCUT2D eigenvalue weighted by Gasteiger charge is -2.60. The smallest absolute Gasteiger partial charge is 0.349 e. The summed E-state index contributed by atoms with van der Waals surface area (Å²) in [6, 6.07) is 0. The van der Waals surface area contributed by atoms with Gasteiger partial charge in [0.2, 0.25) is 5.60 Å². The number of carbonyl (C=O) groups excluding carboxylic acids is 2. The van der Waals surface area contributed by atoms with Crippen molar-refractivity contribution in [3.63, 3.8) is 0 Å². The summed E-state index contributed by atoms with van der Waals surface area (Å²) in [5.41, 5.74) is -3.61. The van der Waals surface area contributed by atoms with Crippen molar-refractivity contribution >= 4 is 29.3 Å². The number of fused-ring (bicyclic) bond motifs is 5. The number of hydrogen-bond acceptors (Lipinski definition) is 5. The van der Waals surface area contributed by atoms with E-state index in [1.165, 1.54) is 6.08 Å². The summed E-state index contributed by atoms with van der Waals surface area (Å²) >= 11 is 6.25. The number of esters is 1. The molecule has 0 aromatic carbocycles. The molecule has 0 aromatic heterocycles. The summed E-state index contributed by atoms with van der Waals surface area (Å²) in [5.74, 6) is -3.87. The van der Waals surface area contributed by atoms with E-state index in [2.05, 4.69) is 0 Å². The van der Waals surface area contributed by atoms with Crippen LogP contribution in [-0.2, 0) is 19.1 Å². The molecule has 3 fully saturated rings. The number of carbonyl (C=O) groups is 3. The number of carboxylic acids is 1. The first-order valence-electron chi connectivity index (χ1n) is 11.3. The van der Waals surface area contributed by atoms with Gasteiger partial charge in [-0.15, -0.1) is 0 Å².